The van der Waals surface area contributed by atoms with Crippen LogP contribution in [-0.4, -0.2) is 23.3 Å². The maximum atomic E-state index is 4.33. The maximum absolute atomic E-state index is 4.33. The summed E-state index contributed by atoms with van der Waals surface area (Å²) in [7, 11) is 0. The van der Waals surface area contributed by atoms with E-state index in [1.54, 1.807) is 12.3 Å². The van der Waals surface area contributed by atoms with Gasteiger partial charge in [0.1, 0.15) is 6.26 Å². The van der Waals surface area contributed by atoms with Gasteiger partial charge >= 0.3 is 0 Å². The van der Waals surface area contributed by atoms with Crippen molar-refractivity contribution in [1.29, 1.82) is 0 Å². The molecule has 0 spiro atoms. The van der Waals surface area contributed by atoms with Crippen molar-refractivity contribution in [3.05, 3.63) is 18.5 Å². The average molecular weight is 158 g/mol. The van der Waals surface area contributed by atoms with Crippen molar-refractivity contribution in [1.82, 2.24) is 10.5 Å². The van der Waals surface area contributed by atoms with Crippen molar-refractivity contribution in [2.75, 3.05) is 18.2 Å². The Hall–Kier alpha value is -0.480. The summed E-state index contributed by atoms with van der Waals surface area (Å²) in [5, 5.41) is 6.53. The van der Waals surface area contributed by atoms with Gasteiger partial charge in [0.05, 0.1) is 6.20 Å². The van der Waals surface area contributed by atoms with Crippen molar-refractivity contribution in [2.24, 2.45) is 0 Å². The normalized spacial score (nSPS) is 16.0. The molecule has 1 saturated heterocycles. The minimum absolute atomic E-state index is 1.17. The fourth-order valence-corrected chi connectivity index (χ4v) is 1.26. The molecule has 0 aliphatic carbocycles. The topological polar surface area (TPSA) is 38.1 Å². The zero-order valence-corrected chi connectivity index (χ0v) is 6.43. The largest absolute Gasteiger partial charge is 0.365 e. The number of hydrogen-bond acceptors (Lipinski definition) is 4. The highest BCUT2D eigenvalue weighted by atomic mass is 32.2. The fraction of sp³-hybridized carbons (Fsp3) is 0.500. The second-order valence-corrected chi connectivity index (χ2v) is 2.85. The molecule has 0 aromatic carbocycles. The third-order valence-electron chi connectivity index (χ3n) is 0.975. The zero-order chi connectivity index (χ0) is 7.07. The molecular formula is C6H10N2OS. The molecule has 0 unspecified atom stereocenters. The van der Waals surface area contributed by atoms with Crippen LogP contribution < -0.4 is 5.32 Å². The van der Waals surface area contributed by atoms with Gasteiger partial charge in [-0.15, -0.1) is 11.8 Å². The van der Waals surface area contributed by atoms with Crippen LogP contribution in [0.25, 0.3) is 0 Å². The van der Waals surface area contributed by atoms with E-state index >= 15 is 0 Å². The van der Waals surface area contributed by atoms with E-state index in [9.17, 15) is 0 Å². The summed E-state index contributed by atoms with van der Waals surface area (Å²) in [4.78, 5) is 0. The molecule has 1 fully saturated rings. The van der Waals surface area contributed by atoms with E-state index in [0.717, 1.165) is 0 Å². The van der Waals surface area contributed by atoms with E-state index in [1.165, 1.54) is 24.4 Å². The maximum Gasteiger partial charge on any atom is 0.123 e. The molecule has 2 heterocycles. The van der Waals surface area contributed by atoms with Crippen molar-refractivity contribution in [3.8, 4) is 0 Å². The first-order valence-electron chi connectivity index (χ1n) is 3.13. The minimum atomic E-state index is 1.17. The van der Waals surface area contributed by atoms with E-state index in [-0.39, 0.29) is 0 Å². The summed E-state index contributed by atoms with van der Waals surface area (Å²) in [5.74, 6) is 2.47. The van der Waals surface area contributed by atoms with Crippen LogP contribution in [0.3, 0.4) is 0 Å². The number of rotatable bonds is 0. The van der Waals surface area contributed by atoms with Crippen LogP contribution in [0.4, 0.5) is 0 Å². The van der Waals surface area contributed by atoms with Crippen LogP contribution in [0.15, 0.2) is 23.0 Å². The molecule has 0 bridgehead atoms. The second kappa shape index (κ2) is 5.32. The molecule has 1 aliphatic heterocycles. The SMILES string of the molecule is C1CSCN1.c1cnoc1. The summed E-state index contributed by atoms with van der Waals surface area (Å²) >= 11 is 1.96. The van der Waals surface area contributed by atoms with Crippen molar-refractivity contribution in [2.45, 2.75) is 0 Å². The predicted molar refractivity (Wildman–Crippen MR) is 41.8 cm³/mol. The third kappa shape index (κ3) is 3.53. The highest BCUT2D eigenvalue weighted by molar-refractivity contribution is 7.99. The van der Waals surface area contributed by atoms with Crippen LogP contribution in [-0.2, 0) is 0 Å². The molecule has 2 rings (SSSR count). The highest BCUT2D eigenvalue weighted by Crippen LogP contribution is 1.99. The van der Waals surface area contributed by atoms with Gasteiger partial charge < -0.3 is 9.84 Å². The molecule has 56 valence electrons. The third-order valence-corrected chi connectivity index (χ3v) is 1.88. The smallest absolute Gasteiger partial charge is 0.123 e. The van der Waals surface area contributed by atoms with Gasteiger partial charge in [-0.1, -0.05) is 5.16 Å². The summed E-state index contributed by atoms with van der Waals surface area (Å²) < 4.78 is 4.33. The lowest BCUT2D eigenvalue weighted by molar-refractivity contribution is 0.420. The van der Waals surface area contributed by atoms with Crippen molar-refractivity contribution in [3.63, 3.8) is 0 Å². The zero-order valence-electron chi connectivity index (χ0n) is 5.62. The van der Waals surface area contributed by atoms with Crippen molar-refractivity contribution < 1.29 is 4.52 Å². The molecule has 0 saturated carbocycles. The fourth-order valence-electron chi connectivity index (χ4n) is 0.537. The van der Waals surface area contributed by atoms with Gasteiger partial charge in [-0.05, 0) is 6.07 Å². The first kappa shape index (κ1) is 7.63. The highest BCUT2D eigenvalue weighted by Gasteiger charge is 1.93. The molecular weight excluding hydrogens is 148 g/mol. The minimum Gasteiger partial charge on any atom is -0.365 e. The molecule has 1 N–H and O–H groups in total. The Bertz CT molecular complexity index is 115. The Labute approximate surface area is 64.2 Å². The Morgan fingerprint density at radius 3 is 2.80 bits per heavy atom. The van der Waals surface area contributed by atoms with Gasteiger partial charge in [0.2, 0.25) is 0 Å². The van der Waals surface area contributed by atoms with E-state index in [2.05, 4.69) is 15.0 Å². The standard InChI is InChI=1S/C3H3NO.C3H7NS/c1-2-4-5-3-1;1-2-5-3-4-1/h1-3H;4H,1-3H2. The van der Waals surface area contributed by atoms with E-state index in [1.807, 2.05) is 11.8 Å². The molecule has 1 aromatic heterocycles. The Kier molecular flexibility index (Phi) is 4.05. The second-order valence-electron chi connectivity index (χ2n) is 1.74. The Balaban J connectivity index is 0.0000001000. The van der Waals surface area contributed by atoms with Crippen LogP contribution in [0, 0.1) is 0 Å². The first-order valence-corrected chi connectivity index (χ1v) is 4.28. The summed E-state index contributed by atoms with van der Waals surface area (Å²) in [6, 6.07) is 1.72. The Morgan fingerprint density at radius 1 is 1.60 bits per heavy atom. The molecule has 0 radical (unpaired) electrons. The van der Waals surface area contributed by atoms with Gasteiger partial charge in [0.15, 0.2) is 0 Å². The molecule has 10 heavy (non-hydrogen) atoms. The van der Waals surface area contributed by atoms with E-state index in [0.29, 0.717) is 0 Å². The van der Waals surface area contributed by atoms with Crippen LogP contribution in [0.2, 0.25) is 0 Å². The summed E-state index contributed by atoms with van der Waals surface area (Å²) in [5.41, 5.74) is 0. The van der Waals surface area contributed by atoms with Gasteiger partial charge in [0.25, 0.3) is 0 Å². The average Bonchev–Trinajstić information content (AvgIpc) is 2.67. The number of nitrogens with one attached hydrogen (secondary N) is 1. The summed E-state index contributed by atoms with van der Waals surface area (Å²) in [6.07, 6.45) is 3.10. The first-order chi connectivity index (χ1) is 5.00. The number of aromatic nitrogens is 1. The van der Waals surface area contributed by atoms with Crippen LogP contribution in [0.5, 0.6) is 0 Å². The number of thioether (sulfide) groups is 1. The monoisotopic (exact) mass is 158 g/mol. The van der Waals surface area contributed by atoms with Crippen LogP contribution in [0.1, 0.15) is 0 Å². The lowest BCUT2D eigenvalue weighted by atomic mass is 10.8. The molecule has 0 atom stereocenters. The molecule has 3 nitrogen and oxygen atoms in total. The molecule has 0 amide bonds. The predicted octanol–water partition coefficient (Wildman–Crippen LogP) is 0.955. The lowest BCUT2D eigenvalue weighted by Gasteiger charge is -1.74. The number of hydrogen-bond donors (Lipinski definition) is 1. The van der Waals surface area contributed by atoms with Crippen LogP contribution >= 0.6 is 11.8 Å². The van der Waals surface area contributed by atoms with Crippen molar-refractivity contribution >= 4 is 11.8 Å². The Morgan fingerprint density at radius 2 is 2.60 bits per heavy atom. The van der Waals surface area contributed by atoms with E-state index < -0.39 is 0 Å². The molecule has 4 heteroatoms. The lowest BCUT2D eigenvalue weighted by Crippen LogP contribution is -2.04. The van der Waals surface area contributed by atoms with Gasteiger partial charge in [-0.3, -0.25) is 0 Å². The van der Waals surface area contributed by atoms with Gasteiger partial charge in [0, 0.05) is 18.2 Å². The number of nitrogens with zero attached hydrogens (tertiary/aromatic N) is 1. The molecule has 1 aliphatic rings. The molecule has 1 aromatic rings. The van der Waals surface area contributed by atoms with E-state index in [4.69, 9.17) is 0 Å². The quantitative estimate of drug-likeness (QED) is 0.610. The van der Waals surface area contributed by atoms with Gasteiger partial charge in [-0.2, -0.15) is 0 Å². The summed E-state index contributed by atoms with van der Waals surface area (Å²) in [6.45, 7) is 1.21. The van der Waals surface area contributed by atoms with Gasteiger partial charge in [-0.25, -0.2) is 0 Å².